The Morgan fingerprint density at radius 3 is 2.16 bits per heavy atom. The second-order valence-corrected chi connectivity index (χ2v) is 12.9. The number of anilines is 1. The molecule has 0 aliphatic rings. The van der Waals surface area contributed by atoms with E-state index in [9.17, 15) is 14.4 Å². The van der Waals surface area contributed by atoms with Crippen molar-refractivity contribution in [3.63, 3.8) is 0 Å². The zero-order chi connectivity index (χ0) is 32.2. The van der Waals surface area contributed by atoms with Crippen LogP contribution in [0.4, 0.5) is 10.5 Å². The number of carbonyl (C=O) groups excluding carboxylic acids is 3. The molecule has 7 nitrogen and oxygen atoms in total. The molecule has 0 radical (unpaired) electrons. The fraction of sp³-hybridized carbons (Fsp3) is 0.583. The zero-order valence-electron chi connectivity index (χ0n) is 28.0. The van der Waals surface area contributed by atoms with E-state index in [0.29, 0.717) is 18.7 Å². The van der Waals surface area contributed by atoms with Gasteiger partial charge in [0.1, 0.15) is 17.7 Å². The highest BCUT2D eigenvalue weighted by Gasteiger charge is 2.38. The summed E-state index contributed by atoms with van der Waals surface area (Å²) in [7, 11) is 0. The number of carbonyl (C=O) groups is 3. The molecule has 0 bridgehead atoms. The zero-order valence-corrected chi connectivity index (χ0v) is 28.0. The third kappa shape index (κ3) is 11.3. The minimum atomic E-state index is -0.880. The van der Waals surface area contributed by atoms with Crippen molar-refractivity contribution in [3.05, 3.63) is 64.7 Å². The van der Waals surface area contributed by atoms with Crippen LogP contribution in [0.15, 0.2) is 42.5 Å². The van der Waals surface area contributed by atoms with E-state index in [-0.39, 0.29) is 17.7 Å². The minimum Gasteiger partial charge on any atom is -0.444 e. The molecule has 0 aliphatic carbocycles. The van der Waals surface area contributed by atoms with E-state index in [1.165, 1.54) is 6.42 Å². The number of ether oxygens (including phenoxy) is 1. The molecule has 3 amide bonds. The number of hydrogen-bond acceptors (Lipinski definition) is 4. The molecule has 0 aromatic heterocycles. The van der Waals surface area contributed by atoms with Crippen molar-refractivity contribution in [1.82, 2.24) is 10.2 Å². The predicted molar refractivity (Wildman–Crippen MR) is 176 cm³/mol. The molecule has 0 aliphatic heterocycles. The monoisotopic (exact) mass is 593 g/mol. The first-order chi connectivity index (χ1) is 20.3. The summed E-state index contributed by atoms with van der Waals surface area (Å²) in [6, 6.07) is 11.9. The summed E-state index contributed by atoms with van der Waals surface area (Å²) in [5.41, 5.74) is 3.65. The topological polar surface area (TPSA) is 87.7 Å². The van der Waals surface area contributed by atoms with Gasteiger partial charge in [-0.1, -0.05) is 101 Å². The van der Waals surface area contributed by atoms with E-state index in [1.54, 1.807) is 25.7 Å². The number of hydrogen-bond donors (Lipinski definition) is 2. The largest absolute Gasteiger partial charge is 0.444 e. The molecule has 2 aromatic carbocycles. The number of benzene rings is 2. The van der Waals surface area contributed by atoms with Crippen LogP contribution < -0.4 is 10.6 Å². The van der Waals surface area contributed by atoms with Crippen molar-refractivity contribution in [1.29, 1.82) is 0 Å². The van der Waals surface area contributed by atoms with Crippen molar-refractivity contribution in [2.45, 2.75) is 125 Å². The predicted octanol–water partition coefficient (Wildman–Crippen LogP) is 8.42. The summed E-state index contributed by atoms with van der Waals surface area (Å²) in [4.78, 5) is 43.6. The molecule has 3 atom stereocenters. The maximum Gasteiger partial charge on any atom is 0.408 e. The fourth-order valence-corrected chi connectivity index (χ4v) is 5.14. The maximum atomic E-state index is 14.6. The van der Waals surface area contributed by atoms with E-state index in [4.69, 9.17) is 4.74 Å². The SMILES string of the molecule is CCCCCCCCN(C(=O)C(NC(=O)OC(C)(C)C)C(C)CC)C(C(=O)Nc1ccccc1C)c1cc(C)ccc1C. The van der Waals surface area contributed by atoms with Gasteiger partial charge in [0.05, 0.1) is 0 Å². The molecular formula is C36H55N3O4. The lowest BCUT2D eigenvalue weighted by Crippen LogP contribution is -2.55. The molecule has 0 heterocycles. The maximum absolute atomic E-state index is 14.6. The molecule has 7 heteroatoms. The molecule has 2 aromatic rings. The van der Waals surface area contributed by atoms with E-state index in [0.717, 1.165) is 54.4 Å². The standard InChI is InChI=1S/C36H55N3O4/c1-10-12-13-14-15-18-23-39(34(41)31(26(4)11-2)38-35(42)43-36(7,8)9)32(29-24-25(3)21-22-27(29)5)33(40)37-30-20-17-16-19-28(30)6/h16-17,19-22,24,26,31-32H,10-15,18,23H2,1-9H3,(H,37,40)(H,38,42). The van der Waals surface area contributed by atoms with Gasteiger partial charge in [-0.05, 0) is 76.6 Å². The summed E-state index contributed by atoms with van der Waals surface area (Å²) in [6.45, 7) is 17.8. The molecule has 43 heavy (non-hydrogen) atoms. The van der Waals surface area contributed by atoms with Gasteiger partial charge in [-0.3, -0.25) is 9.59 Å². The average Bonchev–Trinajstić information content (AvgIpc) is 2.94. The molecule has 2 rings (SSSR count). The number of alkyl carbamates (subject to hydrolysis) is 1. The Hall–Kier alpha value is -3.35. The van der Waals surface area contributed by atoms with Crippen molar-refractivity contribution < 1.29 is 19.1 Å². The van der Waals surface area contributed by atoms with Gasteiger partial charge in [-0.25, -0.2) is 4.79 Å². The van der Waals surface area contributed by atoms with Crippen LogP contribution in [0, 0.1) is 26.7 Å². The van der Waals surface area contributed by atoms with Gasteiger partial charge in [-0.2, -0.15) is 0 Å². The number of para-hydroxylation sites is 1. The van der Waals surface area contributed by atoms with Crippen molar-refractivity contribution in [2.24, 2.45) is 5.92 Å². The number of rotatable bonds is 15. The van der Waals surface area contributed by atoms with Crippen molar-refractivity contribution in [2.75, 3.05) is 11.9 Å². The fourth-order valence-electron chi connectivity index (χ4n) is 5.14. The van der Waals surface area contributed by atoms with E-state index in [2.05, 4.69) is 17.6 Å². The Morgan fingerprint density at radius 2 is 1.53 bits per heavy atom. The van der Waals surface area contributed by atoms with Crippen LogP contribution in [0.25, 0.3) is 0 Å². The van der Waals surface area contributed by atoms with Gasteiger partial charge < -0.3 is 20.3 Å². The van der Waals surface area contributed by atoms with E-state index >= 15 is 0 Å². The molecule has 0 fully saturated rings. The number of nitrogens with one attached hydrogen (secondary N) is 2. The van der Waals surface area contributed by atoms with Gasteiger partial charge in [0, 0.05) is 12.2 Å². The van der Waals surface area contributed by atoms with Crippen LogP contribution >= 0.6 is 0 Å². The van der Waals surface area contributed by atoms with Crippen molar-refractivity contribution in [3.8, 4) is 0 Å². The number of nitrogens with zero attached hydrogens (tertiary/aromatic N) is 1. The Balaban J connectivity index is 2.60. The van der Waals surface area contributed by atoms with Gasteiger partial charge in [0.2, 0.25) is 5.91 Å². The molecular weight excluding hydrogens is 538 g/mol. The highest BCUT2D eigenvalue weighted by molar-refractivity contribution is 5.99. The number of unbranched alkanes of at least 4 members (excludes halogenated alkanes) is 5. The minimum absolute atomic E-state index is 0.175. The van der Waals surface area contributed by atoms with Gasteiger partial charge in [-0.15, -0.1) is 0 Å². The van der Waals surface area contributed by atoms with Crippen LogP contribution in [0.2, 0.25) is 0 Å². The van der Waals surface area contributed by atoms with Crippen LogP contribution in [0.3, 0.4) is 0 Å². The smallest absolute Gasteiger partial charge is 0.408 e. The summed E-state index contributed by atoms with van der Waals surface area (Å²) in [6.07, 6.45) is 6.30. The Labute approximate surface area is 260 Å². The molecule has 0 saturated carbocycles. The highest BCUT2D eigenvalue weighted by Crippen LogP contribution is 2.30. The normalized spacial score (nSPS) is 13.5. The lowest BCUT2D eigenvalue weighted by atomic mass is 9.93. The third-order valence-corrected chi connectivity index (χ3v) is 7.88. The average molecular weight is 594 g/mol. The lowest BCUT2D eigenvalue weighted by Gasteiger charge is -2.37. The summed E-state index contributed by atoms with van der Waals surface area (Å²) in [5, 5.41) is 5.99. The van der Waals surface area contributed by atoms with Crippen LogP contribution in [-0.2, 0) is 14.3 Å². The molecule has 3 unspecified atom stereocenters. The van der Waals surface area contributed by atoms with Crippen LogP contribution in [0.5, 0.6) is 0 Å². The summed E-state index contributed by atoms with van der Waals surface area (Å²) < 4.78 is 5.55. The van der Waals surface area contributed by atoms with Crippen LogP contribution in [0.1, 0.15) is 115 Å². The van der Waals surface area contributed by atoms with Crippen LogP contribution in [-0.4, -0.2) is 41.0 Å². The number of aryl methyl sites for hydroxylation is 3. The molecule has 0 saturated heterocycles. The molecule has 238 valence electrons. The first-order valence-electron chi connectivity index (χ1n) is 16.0. The third-order valence-electron chi connectivity index (χ3n) is 7.88. The molecule has 2 N–H and O–H groups in total. The first kappa shape index (κ1) is 35.8. The molecule has 0 spiro atoms. The summed E-state index contributed by atoms with van der Waals surface area (Å²) in [5.74, 6) is -0.729. The Bertz CT molecular complexity index is 1200. The summed E-state index contributed by atoms with van der Waals surface area (Å²) >= 11 is 0. The van der Waals surface area contributed by atoms with Gasteiger partial charge in [0.25, 0.3) is 5.91 Å². The second kappa shape index (κ2) is 17.1. The highest BCUT2D eigenvalue weighted by atomic mass is 16.6. The van der Waals surface area contributed by atoms with E-state index in [1.807, 2.05) is 77.1 Å². The van der Waals surface area contributed by atoms with Crippen molar-refractivity contribution >= 4 is 23.6 Å². The van der Waals surface area contributed by atoms with Gasteiger partial charge >= 0.3 is 6.09 Å². The Kier molecular flexibility index (Phi) is 14.2. The quantitative estimate of drug-likeness (QED) is 0.203. The second-order valence-electron chi connectivity index (χ2n) is 12.9. The lowest BCUT2D eigenvalue weighted by molar-refractivity contribution is -0.142. The first-order valence-corrected chi connectivity index (χ1v) is 16.0. The Morgan fingerprint density at radius 1 is 0.884 bits per heavy atom. The van der Waals surface area contributed by atoms with Gasteiger partial charge in [0.15, 0.2) is 0 Å². The number of amides is 3. The van der Waals surface area contributed by atoms with E-state index < -0.39 is 23.8 Å².